The minimum atomic E-state index is 0.163. The Labute approximate surface area is 110 Å². The molecule has 1 aliphatic carbocycles. The summed E-state index contributed by atoms with van der Waals surface area (Å²) in [5.41, 5.74) is 0. The van der Waals surface area contributed by atoms with Crippen LogP contribution in [0.3, 0.4) is 0 Å². The van der Waals surface area contributed by atoms with Gasteiger partial charge in [0.1, 0.15) is 0 Å². The molecule has 2 nitrogen and oxygen atoms in total. The number of hydrogen-bond donors (Lipinski definition) is 0. The molecule has 0 N–H and O–H groups in total. The number of hydrogen-bond acceptors (Lipinski definition) is 2. The minimum absolute atomic E-state index is 0.163. The first-order valence-electron chi connectivity index (χ1n) is 4.89. The Morgan fingerprint density at radius 1 is 1.60 bits per heavy atom. The van der Waals surface area contributed by atoms with E-state index in [2.05, 4.69) is 31.9 Å². The number of amides is 1. The van der Waals surface area contributed by atoms with Crippen LogP contribution in [0.25, 0.3) is 0 Å². The smallest absolute Gasteiger partial charge is 0.264 e. The van der Waals surface area contributed by atoms with Gasteiger partial charge in [-0.25, -0.2) is 0 Å². The lowest BCUT2D eigenvalue weighted by Gasteiger charge is -2.19. The first-order chi connectivity index (χ1) is 7.13. The van der Waals surface area contributed by atoms with Gasteiger partial charge in [0.05, 0.1) is 8.66 Å². The molecule has 1 amide bonds. The summed E-state index contributed by atoms with van der Waals surface area (Å²) in [6, 6.07) is 2.38. The van der Waals surface area contributed by atoms with E-state index in [1.807, 2.05) is 17.9 Å². The number of carbonyl (C=O) groups is 1. The van der Waals surface area contributed by atoms with Gasteiger partial charge in [0.2, 0.25) is 0 Å². The molecule has 1 aromatic heterocycles. The maximum Gasteiger partial charge on any atom is 0.264 e. The molecule has 1 aliphatic rings. The van der Waals surface area contributed by atoms with Crippen LogP contribution in [0.4, 0.5) is 0 Å². The number of rotatable bonds is 3. The van der Waals surface area contributed by atoms with Crippen molar-refractivity contribution in [2.45, 2.75) is 25.8 Å². The Morgan fingerprint density at radius 2 is 2.27 bits per heavy atom. The second-order valence-electron chi connectivity index (χ2n) is 3.55. The maximum absolute atomic E-state index is 12.1. The van der Waals surface area contributed by atoms with Crippen molar-refractivity contribution in [2.75, 3.05) is 6.54 Å². The standard InChI is InChI=1S/C10H11Br2NOS/c1-2-13(6-3-4-6)10(14)8-5-7(11)9(12)15-8/h5-6H,2-4H2,1H3. The number of halogens is 2. The van der Waals surface area contributed by atoms with E-state index in [9.17, 15) is 4.79 Å². The maximum atomic E-state index is 12.1. The van der Waals surface area contributed by atoms with Crippen molar-refractivity contribution >= 4 is 49.1 Å². The SMILES string of the molecule is CCN(C(=O)c1cc(Br)c(Br)s1)C1CC1. The molecule has 0 atom stereocenters. The van der Waals surface area contributed by atoms with Gasteiger partial charge in [-0.15, -0.1) is 11.3 Å². The third kappa shape index (κ3) is 2.45. The molecule has 1 aromatic rings. The molecule has 0 bridgehead atoms. The van der Waals surface area contributed by atoms with E-state index in [1.54, 1.807) is 0 Å². The molecule has 1 heterocycles. The molecule has 5 heteroatoms. The third-order valence-corrected chi connectivity index (χ3v) is 5.69. The lowest BCUT2D eigenvalue weighted by Crippen LogP contribution is -2.32. The second-order valence-corrected chi connectivity index (χ2v) is 6.78. The molecule has 0 radical (unpaired) electrons. The van der Waals surface area contributed by atoms with Gasteiger partial charge >= 0.3 is 0 Å². The van der Waals surface area contributed by atoms with E-state index in [0.29, 0.717) is 6.04 Å². The van der Waals surface area contributed by atoms with E-state index < -0.39 is 0 Å². The molecular weight excluding hydrogens is 342 g/mol. The molecule has 2 rings (SSSR count). The van der Waals surface area contributed by atoms with Crippen LogP contribution < -0.4 is 0 Å². The summed E-state index contributed by atoms with van der Waals surface area (Å²) in [6.07, 6.45) is 2.32. The zero-order valence-corrected chi connectivity index (χ0v) is 12.3. The molecule has 0 spiro atoms. The summed E-state index contributed by atoms with van der Waals surface area (Å²) in [6.45, 7) is 2.84. The Bertz CT molecular complexity index is 367. The highest BCUT2D eigenvalue weighted by Crippen LogP contribution is 2.35. The number of nitrogens with zero attached hydrogens (tertiary/aromatic N) is 1. The highest BCUT2D eigenvalue weighted by Gasteiger charge is 2.32. The fraction of sp³-hybridized carbons (Fsp3) is 0.500. The van der Waals surface area contributed by atoms with Crippen molar-refractivity contribution in [3.8, 4) is 0 Å². The van der Waals surface area contributed by atoms with E-state index in [4.69, 9.17) is 0 Å². The molecule has 1 saturated carbocycles. The predicted molar refractivity (Wildman–Crippen MR) is 69.5 cm³/mol. The Kier molecular flexibility index (Phi) is 3.52. The van der Waals surface area contributed by atoms with Crippen LogP contribution in [0.15, 0.2) is 14.3 Å². The lowest BCUT2D eigenvalue weighted by molar-refractivity contribution is 0.0757. The molecule has 0 saturated heterocycles. The fourth-order valence-electron chi connectivity index (χ4n) is 1.55. The molecule has 0 aliphatic heterocycles. The molecule has 15 heavy (non-hydrogen) atoms. The van der Waals surface area contributed by atoms with Gasteiger partial charge in [-0.3, -0.25) is 4.79 Å². The molecule has 0 aromatic carbocycles. The van der Waals surface area contributed by atoms with Gasteiger partial charge in [0.15, 0.2) is 0 Å². The van der Waals surface area contributed by atoms with Gasteiger partial charge in [0.25, 0.3) is 5.91 Å². The van der Waals surface area contributed by atoms with Crippen LogP contribution in [-0.2, 0) is 0 Å². The first-order valence-corrected chi connectivity index (χ1v) is 7.29. The topological polar surface area (TPSA) is 20.3 Å². The summed E-state index contributed by atoms with van der Waals surface area (Å²) in [5.74, 6) is 0.163. The van der Waals surface area contributed by atoms with Crippen molar-refractivity contribution in [3.63, 3.8) is 0 Å². The summed E-state index contributed by atoms with van der Waals surface area (Å²) in [4.78, 5) is 14.9. The van der Waals surface area contributed by atoms with Crippen molar-refractivity contribution < 1.29 is 4.79 Å². The van der Waals surface area contributed by atoms with E-state index in [1.165, 1.54) is 11.3 Å². The van der Waals surface area contributed by atoms with Crippen LogP contribution in [0, 0.1) is 0 Å². The quantitative estimate of drug-likeness (QED) is 0.807. The molecular formula is C10H11Br2NOS. The number of thiophene rings is 1. The van der Waals surface area contributed by atoms with Crippen molar-refractivity contribution in [1.82, 2.24) is 4.90 Å². The fourth-order valence-corrected chi connectivity index (χ4v) is 3.54. The Hall–Kier alpha value is 0.130. The van der Waals surface area contributed by atoms with Crippen molar-refractivity contribution in [3.05, 3.63) is 19.2 Å². The summed E-state index contributed by atoms with van der Waals surface area (Å²) in [5, 5.41) is 0. The zero-order valence-electron chi connectivity index (χ0n) is 8.30. The van der Waals surface area contributed by atoms with E-state index >= 15 is 0 Å². The predicted octanol–water partition coefficient (Wildman–Crippen LogP) is 3.90. The Morgan fingerprint density at radius 3 is 2.67 bits per heavy atom. The van der Waals surface area contributed by atoms with Gasteiger partial charge < -0.3 is 4.90 Å². The lowest BCUT2D eigenvalue weighted by atomic mass is 10.4. The minimum Gasteiger partial charge on any atom is -0.335 e. The summed E-state index contributed by atoms with van der Waals surface area (Å²) in [7, 11) is 0. The van der Waals surface area contributed by atoms with Crippen LogP contribution >= 0.6 is 43.2 Å². The normalized spacial score (nSPS) is 15.4. The average Bonchev–Trinajstić information content (AvgIpc) is 2.96. The number of carbonyl (C=O) groups excluding carboxylic acids is 1. The van der Waals surface area contributed by atoms with Gasteiger partial charge in [-0.1, -0.05) is 0 Å². The summed E-state index contributed by atoms with van der Waals surface area (Å²) < 4.78 is 1.94. The third-order valence-electron chi connectivity index (χ3n) is 2.45. The second kappa shape index (κ2) is 4.55. The van der Waals surface area contributed by atoms with Crippen LogP contribution in [0.5, 0.6) is 0 Å². The van der Waals surface area contributed by atoms with Crippen molar-refractivity contribution in [1.29, 1.82) is 0 Å². The highest BCUT2D eigenvalue weighted by atomic mass is 79.9. The molecule has 0 unspecified atom stereocenters. The zero-order chi connectivity index (χ0) is 11.0. The average molecular weight is 353 g/mol. The van der Waals surface area contributed by atoms with Crippen molar-refractivity contribution in [2.24, 2.45) is 0 Å². The first kappa shape index (κ1) is 11.6. The van der Waals surface area contributed by atoms with E-state index in [0.717, 1.165) is 32.5 Å². The summed E-state index contributed by atoms with van der Waals surface area (Å²) >= 11 is 8.30. The Balaban J connectivity index is 2.18. The molecule has 1 fully saturated rings. The largest absolute Gasteiger partial charge is 0.335 e. The van der Waals surface area contributed by atoms with E-state index in [-0.39, 0.29) is 5.91 Å². The van der Waals surface area contributed by atoms with Crippen LogP contribution in [0.2, 0.25) is 0 Å². The van der Waals surface area contributed by atoms with Crippen LogP contribution in [-0.4, -0.2) is 23.4 Å². The van der Waals surface area contributed by atoms with Gasteiger partial charge in [0, 0.05) is 17.1 Å². The highest BCUT2D eigenvalue weighted by molar-refractivity contribution is 9.13. The van der Waals surface area contributed by atoms with Crippen LogP contribution in [0.1, 0.15) is 29.4 Å². The monoisotopic (exact) mass is 351 g/mol. The molecule has 82 valence electrons. The van der Waals surface area contributed by atoms with Gasteiger partial charge in [-0.2, -0.15) is 0 Å². The van der Waals surface area contributed by atoms with Gasteiger partial charge in [-0.05, 0) is 57.7 Å².